The number of anilines is 1. The minimum absolute atomic E-state index is 0.0799. The van der Waals surface area contributed by atoms with Crippen LogP contribution in [0, 0.1) is 0 Å². The van der Waals surface area contributed by atoms with E-state index in [-0.39, 0.29) is 12.1 Å². The number of carbonyl (C=O) groups is 1. The first kappa shape index (κ1) is 24.9. The Balaban J connectivity index is 1.47. The molecule has 1 saturated carbocycles. The van der Waals surface area contributed by atoms with Gasteiger partial charge in [-0.25, -0.2) is 0 Å². The van der Waals surface area contributed by atoms with E-state index in [9.17, 15) is 9.36 Å². The Morgan fingerprint density at radius 2 is 1.76 bits per heavy atom. The highest BCUT2D eigenvalue weighted by atomic mass is 31.2. The lowest BCUT2D eigenvalue weighted by Crippen LogP contribution is -2.17. The average molecular weight is 482 g/mol. The Kier molecular flexibility index (Phi) is 8.41. The Bertz CT molecular complexity index is 1080. The molecular formula is C28H36NO4P. The second-order valence-electron chi connectivity index (χ2n) is 9.22. The van der Waals surface area contributed by atoms with Crippen LogP contribution in [0.25, 0.3) is 6.08 Å². The molecule has 0 bridgehead atoms. The highest BCUT2D eigenvalue weighted by molar-refractivity contribution is 7.53. The second-order valence-corrected chi connectivity index (χ2v) is 11.3. The van der Waals surface area contributed by atoms with Crippen LogP contribution in [0.5, 0.6) is 0 Å². The van der Waals surface area contributed by atoms with Gasteiger partial charge in [0.25, 0.3) is 5.91 Å². The van der Waals surface area contributed by atoms with Gasteiger partial charge in [0.05, 0.1) is 19.4 Å². The Morgan fingerprint density at radius 3 is 2.50 bits per heavy atom. The lowest BCUT2D eigenvalue weighted by Gasteiger charge is -2.24. The van der Waals surface area contributed by atoms with Gasteiger partial charge in [0.2, 0.25) is 0 Å². The standard InChI is InChI=1S/C28H36NO4P/c1-3-32-34(31,33-4-2)20-21-9-8-12-27(17-21)29-28(30)25-16-14-23-13-15-24(18-26(23)19-25)22-10-6-5-7-11-22/h8-9,12-13,15,17-19,22H,3-7,10-11,14,16,20H2,1-2H3,(H,29,30). The minimum Gasteiger partial charge on any atom is -0.322 e. The van der Waals surface area contributed by atoms with E-state index in [1.807, 2.05) is 24.3 Å². The van der Waals surface area contributed by atoms with Crippen LogP contribution in [0.3, 0.4) is 0 Å². The van der Waals surface area contributed by atoms with E-state index >= 15 is 0 Å². The molecule has 182 valence electrons. The van der Waals surface area contributed by atoms with Crippen molar-refractivity contribution in [2.45, 2.75) is 70.9 Å². The molecule has 2 aliphatic rings. The molecule has 1 fully saturated rings. The van der Waals surface area contributed by atoms with Crippen LogP contribution >= 0.6 is 7.60 Å². The molecule has 0 spiro atoms. The second kappa shape index (κ2) is 11.5. The molecule has 34 heavy (non-hydrogen) atoms. The fraction of sp³-hybridized carbons (Fsp3) is 0.464. The van der Waals surface area contributed by atoms with Crippen molar-refractivity contribution in [3.63, 3.8) is 0 Å². The fourth-order valence-corrected chi connectivity index (χ4v) is 6.77. The zero-order valence-corrected chi connectivity index (χ0v) is 21.2. The van der Waals surface area contributed by atoms with Gasteiger partial charge in [-0.3, -0.25) is 9.36 Å². The molecule has 0 saturated heterocycles. The van der Waals surface area contributed by atoms with Gasteiger partial charge in [0, 0.05) is 11.3 Å². The van der Waals surface area contributed by atoms with Crippen LogP contribution in [-0.4, -0.2) is 19.1 Å². The quantitative estimate of drug-likeness (QED) is 0.377. The highest BCUT2D eigenvalue weighted by Gasteiger charge is 2.24. The van der Waals surface area contributed by atoms with Gasteiger partial charge in [-0.1, -0.05) is 49.6 Å². The largest absolute Gasteiger partial charge is 0.335 e. The lowest BCUT2D eigenvalue weighted by molar-refractivity contribution is -0.112. The van der Waals surface area contributed by atoms with Crippen molar-refractivity contribution in [1.82, 2.24) is 0 Å². The lowest BCUT2D eigenvalue weighted by atomic mass is 9.81. The SMILES string of the molecule is CCOP(=O)(Cc1cccc(NC(=O)C2=Cc3cc(C4CCCCC4)ccc3CC2)c1)OCC. The van der Waals surface area contributed by atoms with Crippen LogP contribution in [0.4, 0.5) is 5.69 Å². The summed E-state index contributed by atoms with van der Waals surface area (Å²) in [5, 5.41) is 3.03. The number of carbonyl (C=O) groups excluding carboxylic acids is 1. The summed E-state index contributed by atoms with van der Waals surface area (Å²) in [6.45, 7) is 4.25. The molecule has 2 aromatic rings. The molecule has 0 aromatic heterocycles. The summed E-state index contributed by atoms with van der Waals surface area (Å²) < 4.78 is 23.7. The maximum Gasteiger partial charge on any atom is 0.335 e. The van der Waals surface area contributed by atoms with Crippen LogP contribution in [0.1, 0.15) is 80.5 Å². The molecule has 2 aliphatic carbocycles. The smallest absolute Gasteiger partial charge is 0.322 e. The topological polar surface area (TPSA) is 64.6 Å². The maximum atomic E-state index is 13.1. The Morgan fingerprint density at radius 1 is 1.00 bits per heavy atom. The van der Waals surface area contributed by atoms with E-state index in [1.165, 1.54) is 48.8 Å². The third-order valence-electron chi connectivity index (χ3n) is 6.74. The minimum atomic E-state index is -3.20. The summed E-state index contributed by atoms with van der Waals surface area (Å²) in [6, 6.07) is 14.3. The van der Waals surface area contributed by atoms with Crippen molar-refractivity contribution in [2.75, 3.05) is 18.5 Å². The van der Waals surface area contributed by atoms with Crippen molar-refractivity contribution < 1.29 is 18.4 Å². The van der Waals surface area contributed by atoms with Crippen molar-refractivity contribution in [3.05, 3.63) is 70.3 Å². The predicted octanol–water partition coefficient (Wildman–Crippen LogP) is 7.47. The van der Waals surface area contributed by atoms with Crippen LogP contribution < -0.4 is 5.32 Å². The zero-order valence-electron chi connectivity index (χ0n) is 20.3. The monoisotopic (exact) mass is 481 g/mol. The molecule has 0 unspecified atom stereocenters. The highest BCUT2D eigenvalue weighted by Crippen LogP contribution is 2.51. The molecule has 5 nitrogen and oxygen atoms in total. The molecular weight excluding hydrogens is 445 g/mol. The van der Waals surface area contributed by atoms with Gasteiger partial charge >= 0.3 is 7.60 Å². The first-order chi connectivity index (χ1) is 16.5. The number of amides is 1. The van der Waals surface area contributed by atoms with E-state index in [1.54, 1.807) is 13.8 Å². The number of hydrogen-bond donors (Lipinski definition) is 1. The van der Waals surface area contributed by atoms with Crippen LogP contribution in [0.2, 0.25) is 0 Å². The molecule has 0 aliphatic heterocycles. The van der Waals surface area contributed by atoms with Gasteiger partial charge < -0.3 is 14.4 Å². The molecule has 0 heterocycles. The molecule has 1 N–H and O–H groups in total. The number of aryl methyl sites for hydroxylation is 1. The summed E-state index contributed by atoms with van der Waals surface area (Å²) in [5.41, 5.74) is 6.21. The third-order valence-corrected chi connectivity index (χ3v) is 8.80. The summed E-state index contributed by atoms with van der Waals surface area (Å²) in [7, 11) is -3.20. The van der Waals surface area contributed by atoms with E-state index < -0.39 is 7.60 Å². The summed E-state index contributed by atoms with van der Waals surface area (Å²) in [4.78, 5) is 13.1. The summed E-state index contributed by atoms with van der Waals surface area (Å²) >= 11 is 0. The van der Waals surface area contributed by atoms with Gasteiger partial charge in [-0.15, -0.1) is 0 Å². The number of nitrogens with one attached hydrogen (secondary N) is 1. The fourth-order valence-electron chi connectivity index (χ4n) is 5.08. The van der Waals surface area contributed by atoms with E-state index in [4.69, 9.17) is 9.05 Å². The van der Waals surface area contributed by atoms with Crippen molar-refractivity contribution >= 4 is 25.3 Å². The molecule has 6 heteroatoms. The molecule has 1 amide bonds. The molecule has 4 rings (SSSR count). The van der Waals surface area contributed by atoms with Crippen LogP contribution in [0.15, 0.2) is 48.0 Å². The normalized spacial score (nSPS) is 16.6. The van der Waals surface area contributed by atoms with Gasteiger partial charge in [0.1, 0.15) is 0 Å². The van der Waals surface area contributed by atoms with E-state index in [2.05, 4.69) is 29.6 Å². The van der Waals surface area contributed by atoms with E-state index in [0.29, 0.717) is 24.8 Å². The first-order valence-corrected chi connectivity index (χ1v) is 14.3. The molecule has 0 atom stereocenters. The maximum absolute atomic E-state index is 13.1. The predicted molar refractivity (Wildman–Crippen MR) is 138 cm³/mol. The Hall–Kier alpha value is -2.20. The molecule has 0 radical (unpaired) electrons. The van der Waals surface area contributed by atoms with Crippen molar-refractivity contribution in [2.24, 2.45) is 0 Å². The van der Waals surface area contributed by atoms with Crippen molar-refractivity contribution in [1.29, 1.82) is 0 Å². The number of benzene rings is 2. The number of fused-ring (bicyclic) bond motifs is 1. The number of rotatable bonds is 9. The van der Waals surface area contributed by atoms with Crippen molar-refractivity contribution in [3.8, 4) is 0 Å². The summed E-state index contributed by atoms with van der Waals surface area (Å²) in [5.74, 6) is 0.572. The van der Waals surface area contributed by atoms with Gasteiger partial charge in [0.15, 0.2) is 0 Å². The number of hydrogen-bond acceptors (Lipinski definition) is 4. The Labute approximate surface area is 203 Å². The zero-order chi connectivity index (χ0) is 24.0. The molecule has 2 aromatic carbocycles. The summed E-state index contributed by atoms with van der Waals surface area (Å²) in [6.07, 6.45) is 10.4. The van der Waals surface area contributed by atoms with Gasteiger partial charge in [-0.05, 0) is 85.9 Å². The third kappa shape index (κ3) is 6.27. The van der Waals surface area contributed by atoms with Crippen LogP contribution in [-0.2, 0) is 31.0 Å². The van der Waals surface area contributed by atoms with E-state index in [0.717, 1.165) is 24.0 Å². The van der Waals surface area contributed by atoms with Gasteiger partial charge in [-0.2, -0.15) is 0 Å². The average Bonchev–Trinajstić information content (AvgIpc) is 2.84. The first-order valence-electron chi connectivity index (χ1n) is 12.6.